The monoisotopic (exact) mass is 393 g/mol. The van der Waals surface area contributed by atoms with Gasteiger partial charge in [-0.15, -0.1) is 0 Å². The van der Waals surface area contributed by atoms with Crippen molar-refractivity contribution in [2.75, 3.05) is 31.3 Å². The first-order chi connectivity index (χ1) is 11.4. The highest BCUT2D eigenvalue weighted by molar-refractivity contribution is 9.10. The summed E-state index contributed by atoms with van der Waals surface area (Å²) in [5.74, 6) is -0.868. The van der Waals surface area contributed by atoms with Gasteiger partial charge in [0.1, 0.15) is 5.82 Å². The zero-order valence-corrected chi connectivity index (χ0v) is 14.9. The number of carbonyl (C=O) groups is 2. The second-order valence-electron chi connectivity index (χ2n) is 5.30. The lowest BCUT2D eigenvalue weighted by Crippen LogP contribution is -2.23. The minimum Gasteiger partial charge on any atom is -0.374 e. The number of hydrogen-bond donors (Lipinski definition) is 2. The molecular formula is C17H17BrFN3O2. The molecule has 0 aliphatic carbocycles. The molecule has 0 unspecified atom stereocenters. The molecule has 0 aliphatic rings. The molecule has 2 amide bonds. The van der Waals surface area contributed by atoms with Gasteiger partial charge in [0.05, 0.1) is 12.2 Å². The highest BCUT2D eigenvalue weighted by atomic mass is 79.9. The van der Waals surface area contributed by atoms with Crippen molar-refractivity contribution >= 4 is 39.1 Å². The van der Waals surface area contributed by atoms with E-state index in [0.717, 1.165) is 0 Å². The van der Waals surface area contributed by atoms with Crippen molar-refractivity contribution in [2.24, 2.45) is 0 Å². The lowest BCUT2D eigenvalue weighted by Gasteiger charge is -2.11. The van der Waals surface area contributed by atoms with Crippen LogP contribution in [-0.4, -0.2) is 37.4 Å². The van der Waals surface area contributed by atoms with E-state index in [1.165, 1.54) is 11.0 Å². The molecule has 0 saturated carbocycles. The van der Waals surface area contributed by atoms with Crippen LogP contribution in [0.3, 0.4) is 0 Å². The predicted molar refractivity (Wildman–Crippen MR) is 95.7 cm³/mol. The van der Waals surface area contributed by atoms with Crippen LogP contribution in [0.4, 0.5) is 15.8 Å². The predicted octanol–water partition coefficient (Wildman–Crippen LogP) is 3.34. The van der Waals surface area contributed by atoms with E-state index < -0.39 is 5.82 Å². The summed E-state index contributed by atoms with van der Waals surface area (Å²) >= 11 is 3.17. The molecule has 2 rings (SSSR count). The lowest BCUT2D eigenvalue weighted by molar-refractivity contribution is -0.114. The van der Waals surface area contributed by atoms with Gasteiger partial charge in [0, 0.05) is 29.8 Å². The summed E-state index contributed by atoms with van der Waals surface area (Å²) in [4.78, 5) is 25.2. The van der Waals surface area contributed by atoms with Crippen molar-refractivity contribution in [3.63, 3.8) is 0 Å². The average Bonchev–Trinajstić information content (AvgIpc) is 2.54. The standard InChI is InChI=1S/C17H17BrFN3O2/c1-22(2)17(24)11-3-6-13(7-4-11)21-16(23)10-20-15-8-5-12(18)9-14(15)19/h3-9,20H,10H2,1-2H3,(H,21,23). The summed E-state index contributed by atoms with van der Waals surface area (Å²) in [7, 11) is 3.34. The minimum absolute atomic E-state index is 0.0725. The van der Waals surface area contributed by atoms with Crippen LogP contribution in [0, 0.1) is 5.82 Å². The van der Waals surface area contributed by atoms with Crippen molar-refractivity contribution in [1.82, 2.24) is 4.90 Å². The van der Waals surface area contributed by atoms with Gasteiger partial charge in [-0.25, -0.2) is 4.39 Å². The number of hydrogen-bond acceptors (Lipinski definition) is 3. The Bertz CT molecular complexity index is 748. The van der Waals surface area contributed by atoms with Gasteiger partial charge in [-0.3, -0.25) is 9.59 Å². The zero-order chi connectivity index (χ0) is 17.7. The highest BCUT2D eigenvalue weighted by Crippen LogP contribution is 2.19. The fourth-order valence-corrected chi connectivity index (χ4v) is 2.30. The molecular weight excluding hydrogens is 377 g/mol. The van der Waals surface area contributed by atoms with Gasteiger partial charge in [0.2, 0.25) is 5.91 Å². The number of halogens is 2. The molecule has 126 valence electrons. The highest BCUT2D eigenvalue weighted by Gasteiger charge is 2.09. The van der Waals surface area contributed by atoms with Crippen molar-refractivity contribution < 1.29 is 14.0 Å². The van der Waals surface area contributed by atoms with E-state index in [0.29, 0.717) is 15.7 Å². The maximum Gasteiger partial charge on any atom is 0.253 e. The second-order valence-corrected chi connectivity index (χ2v) is 6.22. The molecule has 2 aromatic rings. The van der Waals surface area contributed by atoms with Crippen molar-refractivity contribution in [1.29, 1.82) is 0 Å². The second kappa shape index (κ2) is 7.92. The van der Waals surface area contributed by atoms with E-state index in [1.54, 1.807) is 50.5 Å². The van der Waals surface area contributed by atoms with Crippen LogP contribution in [0.1, 0.15) is 10.4 Å². The quantitative estimate of drug-likeness (QED) is 0.818. The first-order valence-corrected chi connectivity index (χ1v) is 7.96. The van der Waals surface area contributed by atoms with Crippen LogP contribution < -0.4 is 10.6 Å². The number of benzene rings is 2. The fourth-order valence-electron chi connectivity index (χ4n) is 1.97. The molecule has 0 radical (unpaired) electrons. The summed E-state index contributed by atoms with van der Waals surface area (Å²) in [6.45, 7) is -0.0725. The molecule has 0 atom stereocenters. The van der Waals surface area contributed by atoms with Gasteiger partial charge in [0.25, 0.3) is 5.91 Å². The van der Waals surface area contributed by atoms with Crippen LogP contribution in [-0.2, 0) is 4.79 Å². The van der Waals surface area contributed by atoms with Gasteiger partial charge in [-0.05, 0) is 42.5 Å². The van der Waals surface area contributed by atoms with Gasteiger partial charge in [0.15, 0.2) is 0 Å². The topological polar surface area (TPSA) is 61.4 Å². The van der Waals surface area contributed by atoms with Crippen molar-refractivity contribution in [3.8, 4) is 0 Å². The molecule has 0 fully saturated rings. The molecule has 7 heteroatoms. The molecule has 0 aliphatic heterocycles. The van der Waals surface area contributed by atoms with E-state index in [4.69, 9.17) is 0 Å². The number of anilines is 2. The van der Waals surface area contributed by atoms with Crippen LogP contribution in [0.25, 0.3) is 0 Å². The van der Waals surface area contributed by atoms with Gasteiger partial charge >= 0.3 is 0 Å². The molecule has 0 heterocycles. The molecule has 2 aromatic carbocycles. The fraction of sp³-hybridized carbons (Fsp3) is 0.176. The third kappa shape index (κ3) is 4.79. The number of nitrogens with zero attached hydrogens (tertiary/aromatic N) is 1. The SMILES string of the molecule is CN(C)C(=O)c1ccc(NC(=O)CNc2ccc(Br)cc2F)cc1. The maximum absolute atomic E-state index is 13.7. The lowest BCUT2D eigenvalue weighted by atomic mass is 10.2. The molecule has 0 saturated heterocycles. The summed E-state index contributed by atoms with van der Waals surface area (Å²) in [6, 6.07) is 11.1. The number of rotatable bonds is 5. The van der Waals surface area contributed by atoms with Gasteiger partial charge in [-0.2, -0.15) is 0 Å². The normalized spacial score (nSPS) is 10.2. The first kappa shape index (κ1) is 17.9. The van der Waals surface area contributed by atoms with E-state index in [9.17, 15) is 14.0 Å². The van der Waals surface area contributed by atoms with Crippen LogP contribution in [0.15, 0.2) is 46.9 Å². The molecule has 0 bridgehead atoms. The number of carbonyl (C=O) groups excluding carboxylic acids is 2. The summed E-state index contributed by atoms with van der Waals surface area (Å²) in [6.07, 6.45) is 0. The molecule has 0 aromatic heterocycles. The van der Waals surface area contributed by atoms with E-state index in [-0.39, 0.29) is 24.0 Å². The third-order valence-electron chi connectivity index (χ3n) is 3.19. The van der Waals surface area contributed by atoms with Crippen LogP contribution in [0.5, 0.6) is 0 Å². The largest absolute Gasteiger partial charge is 0.374 e. The summed E-state index contributed by atoms with van der Waals surface area (Å²) in [5.41, 5.74) is 1.35. The van der Waals surface area contributed by atoms with Gasteiger partial charge < -0.3 is 15.5 Å². The van der Waals surface area contributed by atoms with E-state index in [2.05, 4.69) is 26.6 Å². The Kier molecular flexibility index (Phi) is 5.92. The number of nitrogens with one attached hydrogen (secondary N) is 2. The first-order valence-electron chi connectivity index (χ1n) is 7.17. The molecule has 0 spiro atoms. The average molecular weight is 394 g/mol. The molecule has 24 heavy (non-hydrogen) atoms. The summed E-state index contributed by atoms with van der Waals surface area (Å²) in [5, 5.41) is 5.42. The Morgan fingerprint density at radius 2 is 1.79 bits per heavy atom. The smallest absolute Gasteiger partial charge is 0.253 e. The van der Waals surface area contributed by atoms with Crippen molar-refractivity contribution in [3.05, 3.63) is 58.3 Å². The Hall–Kier alpha value is -2.41. The zero-order valence-electron chi connectivity index (χ0n) is 13.3. The Morgan fingerprint density at radius 1 is 1.12 bits per heavy atom. The van der Waals surface area contributed by atoms with E-state index in [1.807, 2.05) is 0 Å². The van der Waals surface area contributed by atoms with Crippen LogP contribution in [0.2, 0.25) is 0 Å². The minimum atomic E-state index is -0.441. The Balaban J connectivity index is 1.91. The molecule has 2 N–H and O–H groups in total. The van der Waals surface area contributed by atoms with Gasteiger partial charge in [-0.1, -0.05) is 15.9 Å². The summed E-state index contributed by atoms with van der Waals surface area (Å²) < 4.78 is 14.3. The third-order valence-corrected chi connectivity index (χ3v) is 3.69. The van der Waals surface area contributed by atoms with Crippen LogP contribution >= 0.6 is 15.9 Å². The van der Waals surface area contributed by atoms with E-state index >= 15 is 0 Å². The maximum atomic E-state index is 13.7. The molecule has 5 nitrogen and oxygen atoms in total. The Labute approximate surface area is 148 Å². The Morgan fingerprint density at radius 3 is 2.38 bits per heavy atom. The van der Waals surface area contributed by atoms with Crippen molar-refractivity contribution in [2.45, 2.75) is 0 Å². The number of amides is 2.